The number of anilines is 1. The van der Waals surface area contributed by atoms with Gasteiger partial charge in [0.2, 0.25) is 11.8 Å². The smallest absolute Gasteiger partial charge is 0.253 e. The van der Waals surface area contributed by atoms with Gasteiger partial charge in [0, 0.05) is 17.8 Å². The van der Waals surface area contributed by atoms with Gasteiger partial charge in [-0.3, -0.25) is 4.79 Å². The first kappa shape index (κ1) is 19.9. The molecule has 1 atom stereocenters. The molecule has 0 radical (unpaired) electrons. The van der Waals surface area contributed by atoms with Gasteiger partial charge in [0.05, 0.1) is 0 Å². The molecule has 1 fully saturated rings. The lowest BCUT2D eigenvalue weighted by atomic mass is 10.1. The van der Waals surface area contributed by atoms with Gasteiger partial charge < -0.3 is 9.73 Å². The van der Waals surface area contributed by atoms with Crippen molar-refractivity contribution in [2.75, 3.05) is 11.9 Å². The highest BCUT2D eigenvalue weighted by Crippen LogP contribution is 2.30. The van der Waals surface area contributed by atoms with Crippen molar-refractivity contribution in [1.82, 2.24) is 9.29 Å². The quantitative estimate of drug-likeness (QED) is 0.485. The predicted octanol–water partition coefficient (Wildman–Crippen LogP) is 4.35. The van der Waals surface area contributed by atoms with Gasteiger partial charge >= 0.3 is 0 Å². The molecule has 158 valence electrons. The first-order valence-electron chi connectivity index (χ1n) is 9.84. The summed E-state index contributed by atoms with van der Waals surface area (Å²) in [5.74, 6) is 0.118. The van der Waals surface area contributed by atoms with E-state index in [2.05, 4.69) is 10.3 Å². The zero-order valence-electron chi connectivity index (χ0n) is 16.4. The zero-order valence-corrected chi connectivity index (χ0v) is 18.0. The lowest BCUT2D eigenvalue weighted by molar-refractivity contribution is -0.119. The molecule has 2 aromatic heterocycles. The van der Waals surface area contributed by atoms with Crippen molar-refractivity contribution in [1.29, 1.82) is 0 Å². The number of hydrogen-bond acceptors (Lipinski definition) is 6. The molecular weight excluding hydrogens is 434 g/mol. The molecule has 1 amide bonds. The molecule has 7 nitrogen and oxygen atoms in total. The van der Waals surface area contributed by atoms with Gasteiger partial charge in [-0.05, 0) is 54.6 Å². The summed E-state index contributed by atoms with van der Waals surface area (Å²) in [6, 6.07) is 17.2. The number of rotatable bonds is 5. The number of thiophene rings is 1. The number of sulfonamides is 1. The Labute approximate surface area is 183 Å². The van der Waals surface area contributed by atoms with E-state index in [1.54, 1.807) is 35.7 Å². The lowest BCUT2D eigenvalue weighted by Gasteiger charge is -2.22. The fraction of sp³-hybridized carbons (Fsp3) is 0.182. The van der Waals surface area contributed by atoms with Crippen LogP contribution in [0.3, 0.4) is 0 Å². The molecule has 0 saturated carbocycles. The van der Waals surface area contributed by atoms with Crippen molar-refractivity contribution in [3.63, 3.8) is 0 Å². The Hall–Kier alpha value is -3.01. The Balaban J connectivity index is 1.37. The van der Waals surface area contributed by atoms with Crippen LogP contribution < -0.4 is 5.32 Å². The monoisotopic (exact) mass is 453 g/mol. The molecule has 0 unspecified atom stereocenters. The molecule has 0 bridgehead atoms. The Morgan fingerprint density at radius 3 is 2.81 bits per heavy atom. The van der Waals surface area contributed by atoms with Gasteiger partial charge in [0.25, 0.3) is 10.0 Å². The average molecular weight is 454 g/mol. The number of amides is 1. The van der Waals surface area contributed by atoms with E-state index in [0.29, 0.717) is 36.5 Å². The summed E-state index contributed by atoms with van der Waals surface area (Å²) >= 11 is 1.16. The summed E-state index contributed by atoms with van der Waals surface area (Å²) in [6.45, 7) is 0.335. The van der Waals surface area contributed by atoms with E-state index in [4.69, 9.17) is 4.42 Å². The Kier molecular flexibility index (Phi) is 5.09. The van der Waals surface area contributed by atoms with E-state index in [9.17, 15) is 13.2 Å². The third kappa shape index (κ3) is 3.76. The minimum atomic E-state index is -3.68. The highest BCUT2D eigenvalue weighted by atomic mass is 32.2. The lowest BCUT2D eigenvalue weighted by Crippen LogP contribution is -2.42. The number of carbonyl (C=O) groups excluding carboxylic acids is 1. The van der Waals surface area contributed by atoms with Gasteiger partial charge in [0.1, 0.15) is 15.8 Å². The van der Waals surface area contributed by atoms with Crippen LogP contribution in [-0.4, -0.2) is 36.2 Å². The Bertz CT molecular complexity index is 1310. The van der Waals surface area contributed by atoms with E-state index in [1.165, 1.54) is 4.31 Å². The summed E-state index contributed by atoms with van der Waals surface area (Å²) < 4.78 is 33.2. The first-order chi connectivity index (χ1) is 15.0. The molecule has 9 heteroatoms. The number of nitrogens with zero attached hydrogens (tertiary/aromatic N) is 2. The third-order valence-corrected chi connectivity index (χ3v) is 8.52. The van der Waals surface area contributed by atoms with Crippen molar-refractivity contribution >= 4 is 44.1 Å². The van der Waals surface area contributed by atoms with Gasteiger partial charge in [-0.1, -0.05) is 24.3 Å². The van der Waals surface area contributed by atoms with Crippen LogP contribution in [0.5, 0.6) is 0 Å². The number of carbonyl (C=O) groups is 1. The maximum absolute atomic E-state index is 13.0. The van der Waals surface area contributed by atoms with Gasteiger partial charge in [0.15, 0.2) is 5.58 Å². The van der Waals surface area contributed by atoms with E-state index in [-0.39, 0.29) is 10.1 Å². The minimum Gasteiger partial charge on any atom is -0.436 e. The van der Waals surface area contributed by atoms with E-state index < -0.39 is 16.1 Å². The van der Waals surface area contributed by atoms with Crippen LogP contribution in [0, 0.1) is 0 Å². The molecule has 31 heavy (non-hydrogen) atoms. The number of para-hydroxylation sites is 2. The molecule has 3 heterocycles. The molecule has 1 aliphatic rings. The van der Waals surface area contributed by atoms with Gasteiger partial charge in [-0.25, -0.2) is 13.4 Å². The summed E-state index contributed by atoms with van der Waals surface area (Å²) in [7, 11) is -3.68. The van der Waals surface area contributed by atoms with Crippen LogP contribution in [0.2, 0.25) is 0 Å². The number of nitrogens with one attached hydrogen (secondary N) is 1. The van der Waals surface area contributed by atoms with E-state index >= 15 is 0 Å². The molecule has 0 spiro atoms. The van der Waals surface area contributed by atoms with Gasteiger partial charge in [-0.2, -0.15) is 4.31 Å². The summed E-state index contributed by atoms with van der Waals surface area (Å²) in [5, 5.41) is 4.58. The fourth-order valence-corrected chi connectivity index (χ4v) is 6.54. The maximum Gasteiger partial charge on any atom is 0.253 e. The van der Waals surface area contributed by atoms with E-state index in [1.807, 2.05) is 30.3 Å². The molecule has 1 N–H and O–H groups in total. The average Bonchev–Trinajstić information content (AvgIpc) is 3.54. The second-order valence-corrected chi connectivity index (χ2v) is 10.3. The summed E-state index contributed by atoms with van der Waals surface area (Å²) in [4.78, 5) is 17.5. The van der Waals surface area contributed by atoms with Crippen LogP contribution in [-0.2, 0) is 14.8 Å². The van der Waals surface area contributed by atoms with Crippen LogP contribution in [0.1, 0.15) is 12.8 Å². The summed E-state index contributed by atoms with van der Waals surface area (Å²) in [5.41, 5.74) is 2.73. The van der Waals surface area contributed by atoms with Crippen molar-refractivity contribution in [3.05, 3.63) is 66.0 Å². The molecule has 2 aromatic carbocycles. The van der Waals surface area contributed by atoms with Crippen molar-refractivity contribution < 1.29 is 17.6 Å². The predicted molar refractivity (Wildman–Crippen MR) is 119 cm³/mol. The standard InChI is InChI=1S/C22H19N3O4S2/c26-21(18-9-4-12-25(18)31(27,28)20-11-5-13-30-20)23-16-7-3-6-15(14-16)22-24-17-8-1-2-10-19(17)29-22/h1-3,5-8,10-11,13-14,18H,4,9,12H2,(H,23,26)/t18-/m1/s1. The van der Waals surface area contributed by atoms with Crippen LogP contribution in [0.15, 0.2) is 74.7 Å². The Morgan fingerprint density at radius 1 is 1.13 bits per heavy atom. The molecule has 4 aromatic rings. The normalized spacial score (nSPS) is 17.2. The number of fused-ring (bicyclic) bond motifs is 1. The van der Waals surface area contributed by atoms with Crippen LogP contribution in [0.4, 0.5) is 5.69 Å². The van der Waals surface area contributed by atoms with Gasteiger partial charge in [-0.15, -0.1) is 11.3 Å². The Morgan fingerprint density at radius 2 is 2.00 bits per heavy atom. The number of aromatic nitrogens is 1. The topological polar surface area (TPSA) is 92.5 Å². The molecule has 1 saturated heterocycles. The zero-order chi connectivity index (χ0) is 21.4. The molecule has 1 aliphatic heterocycles. The van der Waals surface area contributed by atoms with Crippen molar-refractivity contribution in [2.24, 2.45) is 0 Å². The van der Waals surface area contributed by atoms with Crippen molar-refractivity contribution in [3.8, 4) is 11.5 Å². The SMILES string of the molecule is O=C(Nc1cccc(-c2nc3ccccc3o2)c1)[C@H]1CCCN1S(=O)(=O)c1cccs1. The fourth-order valence-electron chi connectivity index (χ4n) is 3.77. The number of oxazole rings is 1. The highest BCUT2D eigenvalue weighted by Gasteiger charge is 2.39. The molecular formula is C22H19N3O4S2. The first-order valence-corrected chi connectivity index (χ1v) is 12.2. The highest BCUT2D eigenvalue weighted by molar-refractivity contribution is 7.91. The maximum atomic E-state index is 13.0. The van der Waals surface area contributed by atoms with Crippen LogP contribution in [0.25, 0.3) is 22.6 Å². The molecule has 0 aliphatic carbocycles. The third-order valence-electron chi connectivity index (χ3n) is 5.24. The summed E-state index contributed by atoms with van der Waals surface area (Å²) in [6.07, 6.45) is 1.13. The largest absolute Gasteiger partial charge is 0.436 e. The number of hydrogen-bond donors (Lipinski definition) is 1. The number of benzene rings is 2. The second kappa shape index (κ2) is 7.92. The van der Waals surface area contributed by atoms with Crippen LogP contribution >= 0.6 is 11.3 Å². The second-order valence-electron chi connectivity index (χ2n) is 7.26. The van der Waals surface area contributed by atoms with E-state index in [0.717, 1.165) is 22.4 Å². The molecule has 5 rings (SSSR count). The minimum absolute atomic E-state index is 0.255. The van der Waals surface area contributed by atoms with Crippen molar-refractivity contribution in [2.45, 2.75) is 23.1 Å².